The van der Waals surface area contributed by atoms with Gasteiger partial charge in [0.15, 0.2) is 11.6 Å². The number of hydrogen-bond acceptors (Lipinski definition) is 1. The number of hydrogen-bond donors (Lipinski definition) is 1. The fourth-order valence-corrected chi connectivity index (χ4v) is 1.92. The van der Waals surface area contributed by atoms with Gasteiger partial charge in [-0.3, -0.25) is 4.79 Å². The van der Waals surface area contributed by atoms with Crippen molar-refractivity contribution in [3.63, 3.8) is 0 Å². The predicted octanol–water partition coefficient (Wildman–Crippen LogP) is 4.12. The molecular formula is C13H7BrF3NO. The summed E-state index contributed by atoms with van der Waals surface area (Å²) >= 11 is 3.06. The van der Waals surface area contributed by atoms with E-state index in [0.29, 0.717) is 4.47 Å². The van der Waals surface area contributed by atoms with E-state index >= 15 is 0 Å². The van der Waals surface area contributed by atoms with Gasteiger partial charge in [-0.2, -0.15) is 0 Å². The monoisotopic (exact) mass is 329 g/mol. The first kappa shape index (κ1) is 13.6. The Balaban J connectivity index is 2.34. The van der Waals surface area contributed by atoms with Crippen molar-refractivity contribution in [2.24, 2.45) is 0 Å². The van der Waals surface area contributed by atoms with E-state index in [1.807, 2.05) is 0 Å². The molecule has 0 saturated heterocycles. The number of carbonyl (C=O) groups is 1. The largest absolute Gasteiger partial charge is 0.318 e. The van der Waals surface area contributed by atoms with E-state index < -0.39 is 28.9 Å². The summed E-state index contributed by atoms with van der Waals surface area (Å²) in [6, 6.07) is 7.30. The number of carbonyl (C=O) groups excluding carboxylic acids is 1. The van der Waals surface area contributed by atoms with Gasteiger partial charge in [0.2, 0.25) is 0 Å². The van der Waals surface area contributed by atoms with Gasteiger partial charge in [-0.1, -0.05) is 12.1 Å². The molecule has 2 aromatic carbocycles. The van der Waals surface area contributed by atoms with Crippen molar-refractivity contribution < 1.29 is 18.0 Å². The van der Waals surface area contributed by atoms with E-state index in [4.69, 9.17) is 0 Å². The number of para-hydroxylation sites is 1. The van der Waals surface area contributed by atoms with Crippen LogP contribution < -0.4 is 5.32 Å². The first-order valence-corrected chi connectivity index (χ1v) is 5.99. The van der Waals surface area contributed by atoms with Gasteiger partial charge < -0.3 is 5.32 Å². The van der Waals surface area contributed by atoms with Crippen LogP contribution in [0, 0.1) is 17.5 Å². The zero-order valence-corrected chi connectivity index (χ0v) is 11.0. The van der Waals surface area contributed by atoms with Crippen LogP contribution in [0.15, 0.2) is 40.9 Å². The highest BCUT2D eigenvalue weighted by atomic mass is 79.9. The summed E-state index contributed by atoms with van der Waals surface area (Å²) in [5.74, 6) is -4.02. The normalized spacial score (nSPS) is 10.3. The lowest BCUT2D eigenvalue weighted by Crippen LogP contribution is -2.15. The highest BCUT2D eigenvalue weighted by molar-refractivity contribution is 9.10. The third-order valence-corrected chi connectivity index (χ3v) is 3.06. The van der Waals surface area contributed by atoms with E-state index in [1.54, 1.807) is 0 Å². The van der Waals surface area contributed by atoms with Crippen molar-refractivity contribution >= 4 is 27.5 Å². The average Bonchev–Trinajstić information content (AvgIpc) is 2.37. The minimum atomic E-state index is -1.27. The van der Waals surface area contributed by atoms with Crippen molar-refractivity contribution in [2.75, 3.05) is 5.32 Å². The summed E-state index contributed by atoms with van der Waals surface area (Å²) in [4.78, 5) is 11.8. The molecule has 6 heteroatoms. The molecule has 1 N–H and O–H groups in total. The Bertz CT molecular complexity index is 626. The molecule has 1 amide bonds. The SMILES string of the molecule is O=C(Nc1c(F)cccc1Br)c1cccc(F)c1F. The predicted molar refractivity (Wildman–Crippen MR) is 68.4 cm³/mol. The maximum Gasteiger partial charge on any atom is 0.258 e. The third-order valence-electron chi connectivity index (χ3n) is 2.40. The van der Waals surface area contributed by atoms with E-state index in [1.165, 1.54) is 18.2 Å². The zero-order chi connectivity index (χ0) is 14.0. The number of halogens is 4. The van der Waals surface area contributed by atoms with E-state index in [9.17, 15) is 18.0 Å². The highest BCUT2D eigenvalue weighted by Crippen LogP contribution is 2.26. The van der Waals surface area contributed by atoms with Gasteiger partial charge in [0.05, 0.1) is 11.3 Å². The van der Waals surface area contributed by atoms with Gasteiger partial charge in [0, 0.05) is 4.47 Å². The number of anilines is 1. The highest BCUT2D eigenvalue weighted by Gasteiger charge is 2.17. The molecule has 0 saturated carbocycles. The van der Waals surface area contributed by atoms with Crippen molar-refractivity contribution in [1.82, 2.24) is 0 Å². The molecule has 0 aromatic heterocycles. The van der Waals surface area contributed by atoms with Gasteiger partial charge >= 0.3 is 0 Å². The Morgan fingerprint density at radius 1 is 1.00 bits per heavy atom. The molecule has 0 aliphatic carbocycles. The average molecular weight is 330 g/mol. The molecular weight excluding hydrogens is 323 g/mol. The maximum absolute atomic E-state index is 13.5. The minimum absolute atomic E-state index is 0.129. The van der Waals surface area contributed by atoms with E-state index in [-0.39, 0.29) is 5.69 Å². The van der Waals surface area contributed by atoms with Gasteiger partial charge in [-0.25, -0.2) is 13.2 Å². The molecule has 2 nitrogen and oxygen atoms in total. The molecule has 98 valence electrons. The standard InChI is InChI=1S/C13H7BrF3NO/c14-8-4-2-6-10(16)12(8)18-13(19)7-3-1-5-9(15)11(7)17/h1-6H,(H,18,19). The number of benzene rings is 2. The van der Waals surface area contributed by atoms with Crippen LogP contribution in [0.25, 0.3) is 0 Å². The third kappa shape index (κ3) is 2.78. The smallest absolute Gasteiger partial charge is 0.258 e. The van der Waals surface area contributed by atoms with Gasteiger partial charge in [0.1, 0.15) is 5.82 Å². The summed E-state index contributed by atoms with van der Waals surface area (Å²) < 4.78 is 40.2. The fraction of sp³-hybridized carbons (Fsp3) is 0. The van der Waals surface area contributed by atoms with Crippen LogP contribution in [0.4, 0.5) is 18.9 Å². The van der Waals surface area contributed by atoms with Crippen LogP contribution in [0.5, 0.6) is 0 Å². The van der Waals surface area contributed by atoms with E-state index in [0.717, 1.165) is 18.2 Å². The molecule has 2 aromatic rings. The van der Waals surface area contributed by atoms with Gasteiger partial charge in [-0.15, -0.1) is 0 Å². The second-order valence-electron chi connectivity index (χ2n) is 3.65. The summed E-state index contributed by atoms with van der Waals surface area (Å²) in [5.41, 5.74) is -0.619. The van der Waals surface area contributed by atoms with Crippen molar-refractivity contribution in [3.05, 3.63) is 63.9 Å². The number of amides is 1. The second-order valence-corrected chi connectivity index (χ2v) is 4.51. The lowest BCUT2D eigenvalue weighted by atomic mass is 10.2. The fourth-order valence-electron chi connectivity index (χ4n) is 1.48. The minimum Gasteiger partial charge on any atom is -0.318 e. The quantitative estimate of drug-likeness (QED) is 0.882. The molecule has 0 unspecified atom stereocenters. The molecule has 0 aliphatic rings. The Hall–Kier alpha value is -1.82. The summed E-state index contributed by atoms with van der Waals surface area (Å²) in [5, 5.41) is 2.20. The summed E-state index contributed by atoms with van der Waals surface area (Å²) in [7, 11) is 0. The molecule has 0 bridgehead atoms. The number of nitrogens with one attached hydrogen (secondary N) is 1. The van der Waals surface area contributed by atoms with Crippen LogP contribution in [-0.4, -0.2) is 5.91 Å². The molecule has 0 aliphatic heterocycles. The van der Waals surface area contributed by atoms with Crippen molar-refractivity contribution in [3.8, 4) is 0 Å². The van der Waals surface area contributed by atoms with Gasteiger partial charge in [-0.05, 0) is 40.2 Å². The van der Waals surface area contributed by atoms with Crippen molar-refractivity contribution in [1.29, 1.82) is 0 Å². The molecule has 0 heterocycles. The molecule has 0 atom stereocenters. The first-order chi connectivity index (χ1) is 9.00. The Labute approximate surface area is 115 Å². The Morgan fingerprint density at radius 2 is 1.63 bits per heavy atom. The van der Waals surface area contributed by atoms with Crippen LogP contribution in [0.2, 0.25) is 0 Å². The molecule has 0 radical (unpaired) electrons. The maximum atomic E-state index is 13.5. The molecule has 2 rings (SSSR count). The lowest BCUT2D eigenvalue weighted by Gasteiger charge is -2.09. The lowest BCUT2D eigenvalue weighted by molar-refractivity contribution is 0.102. The number of rotatable bonds is 2. The molecule has 0 spiro atoms. The Kier molecular flexibility index (Phi) is 3.90. The topological polar surface area (TPSA) is 29.1 Å². The molecule has 19 heavy (non-hydrogen) atoms. The summed E-state index contributed by atoms with van der Waals surface area (Å²) in [6.45, 7) is 0. The molecule has 0 fully saturated rings. The van der Waals surface area contributed by atoms with E-state index in [2.05, 4.69) is 21.2 Å². The Morgan fingerprint density at radius 3 is 2.32 bits per heavy atom. The van der Waals surface area contributed by atoms with Gasteiger partial charge in [0.25, 0.3) is 5.91 Å². The zero-order valence-electron chi connectivity index (χ0n) is 9.38. The van der Waals surface area contributed by atoms with Crippen LogP contribution in [0.1, 0.15) is 10.4 Å². The summed E-state index contributed by atoms with van der Waals surface area (Å²) in [6.07, 6.45) is 0. The van der Waals surface area contributed by atoms with Crippen LogP contribution in [-0.2, 0) is 0 Å². The van der Waals surface area contributed by atoms with Crippen LogP contribution >= 0.6 is 15.9 Å². The second kappa shape index (κ2) is 5.44. The first-order valence-electron chi connectivity index (χ1n) is 5.20. The van der Waals surface area contributed by atoms with Crippen molar-refractivity contribution in [2.45, 2.75) is 0 Å². The van der Waals surface area contributed by atoms with Crippen LogP contribution in [0.3, 0.4) is 0 Å².